The summed E-state index contributed by atoms with van der Waals surface area (Å²) in [6.07, 6.45) is 4.02. The van der Waals surface area contributed by atoms with Crippen LogP contribution in [-0.2, 0) is 15.9 Å². The van der Waals surface area contributed by atoms with Gasteiger partial charge in [0.05, 0.1) is 18.4 Å². The van der Waals surface area contributed by atoms with Crippen molar-refractivity contribution >= 4 is 34.4 Å². The number of ether oxygens (including phenoxy) is 1. The van der Waals surface area contributed by atoms with Crippen LogP contribution in [0.25, 0.3) is 0 Å². The normalized spacial score (nSPS) is 19.1. The lowest BCUT2D eigenvalue weighted by atomic mass is 10.1. The van der Waals surface area contributed by atoms with Crippen molar-refractivity contribution in [3.05, 3.63) is 53.6 Å². The molecule has 1 saturated heterocycles. The van der Waals surface area contributed by atoms with Crippen LogP contribution in [0, 0.1) is 0 Å². The van der Waals surface area contributed by atoms with Crippen LogP contribution in [0.1, 0.15) is 46.4 Å². The Morgan fingerprint density at radius 3 is 2.33 bits per heavy atom. The maximum Gasteiger partial charge on any atom is 0.337 e. The van der Waals surface area contributed by atoms with E-state index in [9.17, 15) is 14.1 Å². The van der Waals surface area contributed by atoms with E-state index >= 15 is 0 Å². The number of amides is 1. The minimum absolute atomic E-state index is 0.0210. The molecule has 7 heteroatoms. The first kappa shape index (κ1) is 20.8. The summed E-state index contributed by atoms with van der Waals surface area (Å²) in [6.45, 7) is 2.30. The predicted molar refractivity (Wildman–Crippen MR) is 117 cm³/mol. The van der Waals surface area contributed by atoms with Crippen LogP contribution in [0.2, 0.25) is 0 Å². The largest absolute Gasteiger partial charge is 0.611 e. The van der Waals surface area contributed by atoms with Gasteiger partial charge in [-0.3, -0.25) is 4.79 Å². The fourth-order valence-electron chi connectivity index (χ4n) is 4.08. The number of fused-ring (bicyclic) bond motifs is 1. The van der Waals surface area contributed by atoms with Gasteiger partial charge in [0.15, 0.2) is 4.90 Å². The van der Waals surface area contributed by atoms with Gasteiger partial charge in [0.1, 0.15) is 5.75 Å². The van der Waals surface area contributed by atoms with E-state index in [-0.39, 0.29) is 11.9 Å². The van der Waals surface area contributed by atoms with Gasteiger partial charge >= 0.3 is 5.97 Å². The third kappa shape index (κ3) is 4.18. The number of rotatable bonds is 3. The molecule has 30 heavy (non-hydrogen) atoms. The standard InChI is InChI=1S/C23H26N2O4S/c1-29-23(27)17-6-9-19(10-7-17)25-14-5-15-30(28)21-16-18(8-11-20(21)25)22(26)24-12-3-2-4-13-24/h6-11,16H,2-5,12-15H2,1H3. The summed E-state index contributed by atoms with van der Waals surface area (Å²) >= 11 is -1.16. The number of hydrogen-bond donors (Lipinski definition) is 0. The van der Waals surface area contributed by atoms with Gasteiger partial charge in [0.2, 0.25) is 0 Å². The van der Waals surface area contributed by atoms with Crippen molar-refractivity contribution in [3.63, 3.8) is 0 Å². The molecular weight excluding hydrogens is 400 g/mol. The molecule has 0 N–H and O–H groups in total. The van der Waals surface area contributed by atoms with E-state index in [1.54, 1.807) is 12.1 Å². The van der Waals surface area contributed by atoms with Gasteiger partial charge in [-0.05, 0) is 66.8 Å². The fraction of sp³-hybridized carbons (Fsp3) is 0.391. The number of esters is 1. The number of carbonyl (C=O) groups is 2. The van der Waals surface area contributed by atoms with Gasteiger partial charge in [-0.25, -0.2) is 4.79 Å². The molecule has 0 aliphatic carbocycles. The van der Waals surface area contributed by atoms with Crippen LogP contribution in [-0.4, -0.2) is 53.8 Å². The number of anilines is 2. The molecule has 0 aromatic heterocycles. The molecule has 2 aliphatic heterocycles. The Morgan fingerprint density at radius 2 is 1.63 bits per heavy atom. The van der Waals surface area contributed by atoms with E-state index in [2.05, 4.69) is 4.90 Å². The molecule has 0 saturated carbocycles. The molecule has 2 aromatic rings. The Bertz CT molecular complexity index is 925. The topological polar surface area (TPSA) is 72.9 Å². The summed E-state index contributed by atoms with van der Waals surface area (Å²) in [4.78, 5) is 29.4. The number of nitrogens with zero attached hydrogens (tertiary/aromatic N) is 2. The predicted octanol–water partition coefficient (Wildman–Crippen LogP) is 3.75. The van der Waals surface area contributed by atoms with Crippen LogP contribution in [0.3, 0.4) is 0 Å². The zero-order valence-corrected chi connectivity index (χ0v) is 18.0. The van der Waals surface area contributed by atoms with Crippen molar-refractivity contribution in [2.75, 3.05) is 37.4 Å². The second-order valence-electron chi connectivity index (χ2n) is 7.63. The van der Waals surface area contributed by atoms with Gasteiger partial charge < -0.3 is 19.1 Å². The first-order chi connectivity index (χ1) is 14.6. The van der Waals surface area contributed by atoms with E-state index in [1.165, 1.54) is 13.5 Å². The molecule has 4 rings (SSSR count). The number of hydrogen-bond acceptors (Lipinski definition) is 5. The zero-order chi connectivity index (χ0) is 21.1. The molecule has 6 nitrogen and oxygen atoms in total. The number of likely N-dealkylation sites (tertiary alicyclic amines) is 1. The fourth-order valence-corrected chi connectivity index (χ4v) is 5.36. The molecule has 1 atom stereocenters. The number of carbonyl (C=O) groups excluding carboxylic acids is 2. The van der Waals surface area contributed by atoms with Crippen molar-refractivity contribution in [2.24, 2.45) is 0 Å². The van der Waals surface area contributed by atoms with Crippen LogP contribution in [0.15, 0.2) is 47.4 Å². The molecule has 0 radical (unpaired) electrons. The average Bonchev–Trinajstić information content (AvgIpc) is 2.97. The Labute approximate surface area is 180 Å². The van der Waals surface area contributed by atoms with Crippen LogP contribution >= 0.6 is 0 Å². The summed E-state index contributed by atoms with van der Waals surface area (Å²) in [6, 6.07) is 12.8. The second-order valence-corrected chi connectivity index (χ2v) is 9.17. The highest BCUT2D eigenvalue weighted by molar-refractivity contribution is 7.91. The van der Waals surface area contributed by atoms with E-state index in [0.29, 0.717) is 21.8 Å². The molecule has 0 bridgehead atoms. The van der Waals surface area contributed by atoms with Crippen LogP contribution in [0.5, 0.6) is 0 Å². The number of benzene rings is 2. The maximum absolute atomic E-state index is 12.9. The van der Waals surface area contributed by atoms with Gasteiger partial charge in [0.25, 0.3) is 5.91 Å². The third-order valence-corrected chi connectivity index (χ3v) is 7.17. The second kappa shape index (κ2) is 9.10. The van der Waals surface area contributed by atoms with E-state index < -0.39 is 11.2 Å². The molecular formula is C23H26N2O4S. The lowest BCUT2D eigenvalue weighted by molar-refractivity contribution is 0.0600. The Morgan fingerprint density at radius 1 is 0.933 bits per heavy atom. The maximum atomic E-state index is 12.9. The molecule has 158 valence electrons. The van der Waals surface area contributed by atoms with Crippen molar-refractivity contribution < 1.29 is 18.9 Å². The first-order valence-electron chi connectivity index (χ1n) is 10.4. The highest BCUT2D eigenvalue weighted by Gasteiger charge is 2.28. The summed E-state index contributed by atoms with van der Waals surface area (Å²) in [5.41, 5.74) is 2.86. The monoisotopic (exact) mass is 426 g/mol. The zero-order valence-electron chi connectivity index (χ0n) is 17.1. The minimum Gasteiger partial charge on any atom is -0.611 e. The van der Waals surface area contributed by atoms with Gasteiger partial charge in [0, 0.05) is 43.4 Å². The molecule has 2 aromatic carbocycles. The molecule has 2 aliphatic rings. The van der Waals surface area contributed by atoms with Crippen molar-refractivity contribution in [3.8, 4) is 0 Å². The highest BCUT2D eigenvalue weighted by atomic mass is 32.2. The highest BCUT2D eigenvalue weighted by Crippen LogP contribution is 2.36. The van der Waals surface area contributed by atoms with Crippen LogP contribution < -0.4 is 4.90 Å². The Balaban J connectivity index is 1.65. The summed E-state index contributed by atoms with van der Waals surface area (Å²) < 4.78 is 17.7. The summed E-state index contributed by atoms with van der Waals surface area (Å²) in [5.74, 6) is 0.206. The smallest absolute Gasteiger partial charge is 0.337 e. The van der Waals surface area contributed by atoms with Gasteiger partial charge in [-0.2, -0.15) is 0 Å². The summed E-state index contributed by atoms with van der Waals surface area (Å²) in [7, 11) is 1.36. The number of piperidine rings is 1. The van der Waals surface area contributed by atoms with Crippen molar-refractivity contribution in [1.29, 1.82) is 0 Å². The van der Waals surface area contributed by atoms with E-state index in [0.717, 1.165) is 50.3 Å². The molecule has 1 amide bonds. The SMILES string of the molecule is COC(=O)c1ccc(N2CCC[S+]([O-])c3cc(C(=O)N4CCCCC4)ccc32)cc1. The molecule has 1 unspecified atom stereocenters. The quantitative estimate of drug-likeness (QED) is 0.552. The first-order valence-corrected chi connectivity index (χ1v) is 11.7. The molecule has 0 spiro atoms. The van der Waals surface area contributed by atoms with Crippen molar-refractivity contribution in [2.45, 2.75) is 30.6 Å². The summed E-state index contributed by atoms with van der Waals surface area (Å²) in [5, 5.41) is 0. The van der Waals surface area contributed by atoms with E-state index in [1.807, 2.05) is 35.2 Å². The molecule has 2 heterocycles. The lowest BCUT2D eigenvalue weighted by Crippen LogP contribution is -2.35. The van der Waals surface area contributed by atoms with Gasteiger partial charge in [-0.15, -0.1) is 0 Å². The number of methoxy groups -OCH3 is 1. The Hall–Kier alpha value is -2.51. The average molecular weight is 427 g/mol. The van der Waals surface area contributed by atoms with Crippen LogP contribution in [0.4, 0.5) is 11.4 Å². The van der Waals surface area contributed by atoms with Crippen molar-refractivity contribution in [1.82, 2.24) is 4.90 Å². The Kier molecular flexibility index (Phi) is 6.29. The molecule has 1 fully saturated rings. The van der Waals surface area contributed by atoms with E-state index in [4.69, 9.17) is 4.74 Å². The minimum atomic E-state index is -1.16. The third-order valence-electron chi connectivity index (χ3n) is 5.70. The van der Waals surface area contributed by atoms with Gasteiger partial charge in [-0.1, -0.05) is 0 Å². The lowest BCUT2D eigenvalue weighted by Gasteiger charge is -2.27.